The van der Waals surface area contributed by atoms with Crippen molar-refractivity contribution in [3.63, 3.8) is 0 Å². The maximum absolute atomic E-state index is 11.6. The zero-order valence-corrected chi connectivity index (χ0v) is 13.4. The van der Waals surface area contributed by atoms with Gasteiger partial charge in [-0.05, 0) is 35.6 Å². The highest BCUT2D eigenvalue weighted by molar-refractivity contribution is 9.10. The number of carbonyl (C=O) groups is 1. The van der Waals surface area contributed by atoms with Crippen molar-refractivity contribution in [2.75, 3.05) is 0 Å². The molecule has 3 rings (SSSR count). The Morgan fingerprint density at radius 3 is 2.38 bits per heavy atom. The van der Waals surface area contributed by atoms with Gasteiger partial charge in [0.15, 0.2) is 0 Å². The Kier molecular flexibility index (Phi) is 3.93. The number of allylic oxidation sites excluding steroid dienone is 1. The number of halogens is 1. The van der Waals surface area contributed by atoms with E-state index in [2.05, 4.69) is 39.4 Å². The molecule has 0 radical (unpaired) electrons. The normalized spacial score (nSPS) is 13.8. The highest BCUT2D eigenvalue weighted by Crippen LogP contribution is 2.37. The van der Waals surface area contributed by atoms with Gasteiger partial charge in [0.1, 0.15) is 0 Å². The Balaban J connectivity index is 2.21. The fraction of sp³-hybridized carbons (Fsp3) is 0.167. The number of nitrogens with one attached hydrogen (secondary N) is 1. The lowest BCUT2D eigenvalue weighted by molar-refractivity contribution is -0.117. The summed E-state index contributed by atoms with van der Waals surface area (Å²) in [7, 11) is 0. The molecule has 1 aliphatic rings. The van der Waals surface area contributed by atoms with E-state index in [9.17, 15) is 4.79 Å². The number of rotatable bonds is 2. The van der Waals surface area contributed by atoms with Crippen LogP contribution in [0.4, 0.5) is 0 Å². The summed E-state index contributed by atoms with van der Waals surface area (Å²) in [5, 5.41) is 3.03. The first kappa shape index (κ1) is 14.1. The number of amides is 1. The van der Waals surface area contributed by atoms with E-state index in [0.717, 1.165) is 34.1 Å². The third-order valence-electron chi connectivity index (χ3n) is 3.73. The van der Waals surface area contributed by atoms with Crippen LogP contribution < -0.4 is 5.32 Å². The van der Waals surface area contributed by atoms with Crippen LogP contribution in [0.25, 0.3) is 11.3 Å². The average molecular weight is 342 g/mol. The molecule has 1 N–H and O–H groups in total. The fourth-order valence-electron chi connectivity index (χ4n) is 2.82. The molecule has 0 atom stereocenters. The molecule has 0 unspecified atom stereocenters. The van der Waals surface area contributed by atoms with Crippen LogP contribution in [0.1, 0.15) is 30.0 Å². The minimum Gasteiger partial charge on any atom is -0.326 e. The Morgan fingerprint density at radius 1 is 1.00 bits per heavy atom. The minimum absolute atomic E-state index is 0.0359. The van der Waals surface area contributed by atoms with Gasteiger partial charge in [-0.3, -0.25) is 4.79 Å². The van der Waals surface area contributed by atoms with Crippen LogP contribution in [0.15, 0.2) is 53.0 Å². The highest BCUT2D eigenvalue weighted by Gasteiger charge is 2.21. The third kappa shape index (κ3) is 2.79. The molecule has 0 spiro atoms. The molecule has 0 heterocycles. The van der Waals surface area contributed by atoms with E-state index in [-0.39, 0.29) is 5.91 Å². The monoisotopic (exact) mass is 341 g/mol. The predicted molar refractivity (Wildman–Crippen MR) is 89.5 cm³/mol. The molecular weight excluding hydrogens is 326 g/mol. The van der Waals surface area contributed by atoms with E-state index in [0.29, 0.717) is 0 Å². The van der Waals surface area contributed by atoms with Crippen molar-refractivity contribution >= 4 is 33.1 Å². The summed E-state index contributed by atoms with van der Waals surface area (Å²) in [4.78, 5) is 11.6. The van der Waals surface area contributed by atoms with Gasteiger partial charge >= 0.3 is 0 Å². The van der Waals surface area contributed by atoms with Gasteiger partial charge in [-0.15, -0.1) is 0 Å². The SMILES string of the molecule is CC(=O)NC1=C(c2ccccc2Br)CCc2ccccc21. The molecule has 2 nitrogen and oxygen atoms in total. The zero-order valence-electron chi connectivity index (χ0n) is 11.8. The first-order valence-corrected chi connectivity index (χ1v) is 7.80. The van der Waals surface area contributed by atoms with Crippen molar-refractivity contribution in [2.45, 2.75) is 19.8 Å². The molecular formula is C18H16BrNO. The first-order valence-electron chi connectivity index (χ1n) is 7.00. The van der Waals surface area contributed by atoms with Crippen LogP contribution in [0.2, 0.25) is 0 Å². The molecule has 0 aliphatic heterocycles. The molecule has 1 aliphatic carbocycles. The van der Waals surface area contributed by atoms with Crippen molar-refractivity contribution in [2.24, 2.45) is 0 Å². The van der Waals surface area contributed by atoms with Crippen molar-refractivity contribution in [1.29, 1.82) is 0 Å². The molecule has 1 amide bonds. The topological polar surface area (TPSA) is 29.1 Å². The number of benzene rings is 2. The van der Waals surface area contributed by atoms with E-state index < -0.39 is 0 Å². The number of hydrogen-bond donors (Lipinski definition) is 1. The summed E-state index contributed by atoms with van der Waals surface area (Å²) in [5.74, 6) is -0.0359. The van der Waals surface area contributed by atoms with E-state index >= 15 is 0 Å². The van der Waals surface area contributed by atoms with Gasteiger partial charge in [-0.1, -0.05) is 58.4 Å². The molecule has 106 valence electrons. The van der Waals surface area contributed by atoms with Crippen molar-refractivity contribution in [1.82, 2.24) is 5.32 Å². The predicted octanol–water partition coefficient (Wildman–Crippen LogP) is 4.40. The first-order chi connectivity index (χ1) is 10.2. The van der Waals surface area contributed by atoms with Crippen molar-refractivity contribution in [3.05, 3.63) is 69.7 Å². The second-order valence-electron chi connectivity index (χ2n) is 5.17. The number of carbonyl (C=O) groups excluding carboxylic acids is 1. The summed E-state index contributed by atoms with van der Waals surface area (Å²) in [5.41, 5.74) is 5.70. The summed E-state index contributed by atoms with van der Waals surface area (Å²) in [6.45, 7) is 1.56. The van der Waals surface area contributed by atoms with Crippen LogP contribution in [0.3, 0.4) is 0 Å². The van der Waals surface area contributed by atoms with Gasteiger partial charge < -0.3 is 5.32 Å². The van der Waals surface area contributed by atoms with E-state index in [1.165, 1.54) is 11.1 Å². The Hall–Kier alpha value is -1.87. The average Bonchev–Trinajstić information content (AvgIpc) is 2.48. The fourth-order valence-corrected chi connectivity index (χ4v) is 3.35. The highest BCUT2D eigenvalue weighted by atomic mass is 79.9. The van der Waals surface area contributed by atoms with Crippen LogP contribution in [-0.4, -0.2) is 5.91 Å². The van der Waals surface area contributed by atoms with Crippen LogP contribution in [0.5, 0.6) is 0 Å². The summed E-state index contributed by atoms with van der Waals surface area (Å²) >= 11 is 3.62. The van der Waals surface area contributed by atoms with Gasteiger partial charge in [-0.25, -0.2) is 0 Å². The lowest BCUT2D eigenvalue weighted by Crippen LogP contribution is -2.22. The Bertz CT molecular complexity index is 734. The molecule has 0 aromatic heterocycles. The second-order valence-corrected chi connectivity index (χ2v) is 6.03. The van der Waals surface area contributed by atoms with Gasteiger partial charge in [0.05, 0.1) is 5.70 Å². The van der Waals surface area contributed by atoms with Crippen LogP contribution in [-0.2, 0) is 11.2 Å². The van der Waals surface area contributed by atoms with Gasteiger partial charge in [0.25, 0.3) is 0 Å². The molecule has 0 saturated heterocycles. The molecule has 2 aromatic rings. The number of aryl methyl sites for hydroxylation is 1. The van der Waals surface area contributed by atoms with Gasteiger partial charge in [-0.2, -0.15) is 0 Å². The zero-order chi connectivity index (χ0) is 14.8. The Labute approximate surface area is 133 Å². The van der Waals surface area contributed by atoms with Crippen LogP contribution in [0, 0.1) is 0 Å². The van der Waals surface area contributed by atoms with E-state index in [1.54, 1.807) is 6.92 Å². The Morgan fingerprint density at radius 2 is 1.67 bits per heavy atom. The second kappa shape index (κ2) is 5.86. The quantitative estimate of drug-likeness (QED) is 0.861. The van der Waals surface area contributed by atoms with Gasteiger partial charge in [0.2, 0.25) is 5.91 Å². The van der Waals surface area contributed by atoms with Crippen molar-refractivity contribution in [3.8, 4) is 0 Å². The van der Waals surface area contributed by atoms with Gasteiger partial charge in [0, 0.05) is 17.0 Å². The largest absolute Gasteiger partial charge is 0.326 e. The molecule has 3 heteroatoms. The smallest absolute Gasteiger partial charge is 0.221 e. The molecule has 2 aromatic carbocycles. The number of fused-ring (bicyclic) bond motifs is 1. The summed E-state index contributed by atoms with van der Waals surface area (Å²) in [6, 6.07) is 16.4. The molecule has 0 fully saturated rings. The molecule has 21 heavy (non-hydrogen) atoms. The summed E-state index contributed by atoms with van der Waals surface area (Å²) in [6.07, 6.45) is 1.92. The maximum Gasteiger partial charge on any atom is 0.221 e. The van der Waals surface area contributed by atoms with E-state index in [4.69, 9.17) is 0 Å². The minimum atomic E-state index is -0.0359. The number of hydrogen-bond acceptors (Lipinski definition) is 1. The lowest BCUT2D eigenvalue weighted by Gasteiger charge is -2.24. The third-order valence-corrected chi connectivity index (χ3v) is 4.42. The maximum atomic E-state index is 11.6. The van der Waals surface area contributed by atoms with E-state index in [1.807, 2.05) is 30.3 Å². The van der Waals surface area contributed by atoms with Crippen molar-refractivity contribution < 1.29 is 4.79 Å². The summed E-state index contributed by atoms with van der Waals surface area (Å²) < 4.78 is 1.06. The molecule has 0 saturated carbocycles. The lowest BCUT2D eigenvalue weighted by atomic mass is 9.86. The van der Waals surface area contributed by atoms with Crippen LogP contribution >= 0.6 is 15.9 Å². The molecule has 0 bridgehead atoms. The standard InChI is InChI=1S/C18H16BrNO/c1-12(21)20-18-14-7-3-2-6-13(14)10-11-16(18)15-8-4-5-9-17(15)19/h2-9H,10-11H2,1H3,(H,20,21).